The van der Waals surface area contributed by atoms with Crippen molar-refractivity contribution in [1.29, 1.82) is 0 Å². The number of carbonyl (C=O) groups is 1. The van der Waals surface area contributed by atoms with Crippen LogP contribution >= 0.6 is 0 Å². The van der Waals surface area contributed by atoms with E-state index in [1.165, 1.54) is 12.1 Å². The number of phenolic OH excluding ortho intramolecular Hbond substituents is 1. The fourth-order valence-corrected chi connectivity index (χ4v) is 1.69. The predicted octanol–water partition coefficient (Wildman–Crippen LogP) is 2.84. The summed E-state index contributed by atoms with van der Waals surface area (Å²) in [5.41, 5.74) is -0.178. The number of amides is 1. The number of carbonyl (C=O) groups excluding carboxylic acids is 1. The van der Waals surface area contributed by atoms with Crippen molar-refractivity contribution in [1.82, 2.24) is 5.32 Å². The van der Waals surface area contributed by atoms with Gasteiger partial charge in [0, 0.05) is 0 Å². The predicted molar refractivity (Wildman–Crippen MR) is 64.0 cm³/mol. The van der Waals surface area contributed by atoms with Crippen molar-refractivity contribution in [2.75, 3.05) is 6.54 Å². The highest BCUT2D eigenvalue weighted by Crippen LogP contribution is 2.25. The Morgan fingerprint density at radius 3 is 2.32 bits per heavy atom. The Kier molecular flexibility index (Phi) is 3.33. The van der Waals surface area contributed by atoms with Crippen molar-refractivity contribution >= 4 is 16.7 Å². The Balaban J connectivity index is 2.29. The van der Waals surface area contributed by atoms with Gasteiger partial charge in [0.05, 0.1) is 5.56 Å². The first-order valence-electron chi connectivity index (χ1n) is 5.43. The molecule has 0 radical (unpaired) electrons. The Labute approximate surface area is 106 Å². The second-order valence-electron chi connectivity index (χ2n) is 4.01. The molecule has 2 rings (SSSR count). The molecule has 0 bridgehead atoms. The van der Waals surface area contributed by atoms with Crippen LogP contribution in [0.15, 0.2) is 36.4 Å². The minimum atomic E-state index is -4.48. The fraction of sp³-hybridized carbons (Fsp3) is 0.154. The van der Waals surface area contributed by atoms with E-state index in [2.05, 4.69) is 0 Å². The minimum absolute atomic E-state index is 0.178. The molecule has 0 saturated carbocycles. The molecule has 0 fully saturated rings. The van der Waals surface area contributed by atoms with Crippen molar-refractivity contribution in [2.24, 2.45) is 0 Å². The zero-order chi connectivity index (χ0) is 14.0. The lowest BCUT2D eigenvalue weighted by Crippen LogP contribution is -2.33. The van der Waals surface area contributed by atoms with E-state index in [-0.39, 0.29) is 11.3 Å². The van der Waals surface area contributed by atoms with Gasteiger partial charge >= 0.3 is 6.18 Å². The van der Waals surface area contributed by atoms with Crippen molar-refractivity contribution in [3.8, 4) is 5.75 Å². The molecule has 0 aliphatic heterocycles. The molecule has 0 unspecified atom stereocenters. The van der Waals surface area contributed by atoms with Crippen LogP contribution in [0.3, 0.4) is 0 Å². The van der Waals surface area contributed by atoms with Crippen LogP contribution in [0.2, 0.25) is 0 Å². The fourth-order valence-electron chi connectivity index (χ4n) is 1.69. The van der Waals surface area contributed by atoms with Crippen LogP contribution in [0.1, 0.15) is 10.4 Å². The number of hydrogen-bond donors (Lipinski definition) is 2. The van der Waals surface area contributed by atoms with E-state index >= 15 is 0 Å². The lowest BCUT2D eigenvalue weighted by molar-refractivity contribution is -0.123. The molecule has 0 atom stereocenters. The molecule has 0 aliphatic carbocycles. The summed E-state index contributed by atoms with van der Waals surface area (Å²) in [6.07, 6.45) is -4.48. The van der Waals surface area contributed by atoms with E-state index in [9.17, 15) is 23.1 Å². The summed E-state index contributed by atoms with van der Waals surface area (Å²) in [5.74, 6) is -1.31. The zero-order valence-electron chi connectivity index (χ0n) is 9.66. The van der Waals surface area contributed by atoms with E-state index in [0.717, 1.165) is 0 Å². The summed E-state index contributed by atoms with van der Waals surface area (Å²) in [5, 5.41) is 12.8. The highest BCUT2D eigenvalue weighted by molar-refractivity contribution is 6.01. The normalized spacial score (nSPS) is 11.5. The maximum absolute atomic E-state index is 12.0. The lowest BCUT2D eigenvalue weighted by atomic mass is 10.1. The molecule has 1 amide bonds. The maximum atomic E-state index is 12.0. The first-order chi connectivity index (χ1) is 8.87. The van der Waals surface area contributed by atoms with E-state index in [1.54, 1.807) is 29.6 Å². The number of hydrogen-bond acceptors (Lipinski definition) is 2. The maximum Gasteiger partial charge on any atom is 0.405 e. The van der Waals surface area contributed by atoms with E-state index < -0.39 is 18.6 Å². The third-order valence-corrected chi connectivity index (χ3v) is 2.56. The summed E-state index contributed by atoms with van der Waals surface area (Å²) in [6, 6.07) is 9.62. The number of aromatic hydroxyl groups is 1. The molecule has 3 nitrogen and oxygen atoms in total. The van der Waals surface area contributed by atoms with Crippen LogP contribution in [0.4, 0.5) is 13.2 Å². The molecule has 0 aliphatic rings. The van der Waals surface area contributed by atoms with Crippen molar-refractivity contribution in [3.05, 3.63) is 42.0 Å². The summed E-state index contributed by atoms with van der Waals surface area (Å²) >= 11 is 0. The number of nitrogens with one attached hydrogen (secondary N) is 1. The first kappa shape index (κ1) is 13.2. The summed E-state index contributed by atoms with van der Waals surface area (Å²) < 4.78 is 36.0. The average Bonchev–Trinajstić information content (AvgIpc) is 2.34. The van der Waals surface area contributed by atoms with Crippen LogP contribution in [-0.4, -0.2) is 23.7 Å². The summed E-state index contributed by atoms with van der Waals surface area (Å²) in [4.78, 5) is 11.6. The zero-order valence-corrected chi connectivity index (χ0v) is 9.66. The molecule has 0 heterocycles. The number of benzene rings is 2. The summed E-state index contributed by atoms with van der Waals surface area (Å²) in [7, 11) is 0. The molecule has 0 aromatic heterocycles. The number of halogens is 3. The van der Waals surface area contributed by atoms with E-state index in [1.807, 2.05) is 0 Å². The van der Waals surface area contributed by atoms with Crippen molar-refractivity contribution in [3.63, 3.8) is 0 Å². The Morgan fingerprint density at radius 2 is 1.74 bits per heavy atom. The second-order valence-corrected chi connectivity index (χ2v) is 4.01. The van der Waals surface area contributed by atoms with E-state index in [0.29, 0.717) is 10.8 Å². The minimum Gasteiger partial charge on any atom is -0.507 e. The van der Waals surface area contributed by atoms with Crippen LogP contribution in [0, 0.1) is 0 Å². The highest BCUT2D eigenvalue weighted by Gasteiger charge is 2.28. The monoisotopic (exact) mass is 269 g/mol. The van der Waals surface area contributed by atoms with Crippen LogP contribution in [0.5, 0.6) is 5.75 Å². The first-order valence-corrected chi connectivity index (χ1v) is 5.43. The highest BCUT2D eigenvalue weighted by atomic mass is 19.4. The van der Waals surface area contributed by atoms with Crippen LogP contribution in [-0.2, 0) is 0 Å². The van der Waals surface area contributed by atoms with Crippen LogP contribution < -0.4 is 5.32 Å². The average molecular weight is 269 g/mol. The molecule has 2 aromatic rings. The standard InChI is InChI=1S/C13H10F3NO2/c14-13(15,16)7-17-12(19)10-5-8-3-1-2-4-9(8)6-11(10)18/h1-6,18H,7H2,(H,17,19). The van der Waals surface area contributed by atoms with Gasteiger partial charge in [0.2, 0.25) is 0 Å². The molecule has 100 valence electrons. The van der Waals surface area contributed by atoms with Crippen LogP contribution in [0.25, 0.3) is 10.8 Å². The van der Waals surface area contributed by atoms with E-state index in [4.69, 9.17) is 0 Å². The van der Waals surface area contributed by atoms with Gasteiger partial charge in [0.15, 0.2) is 0 Å². The third-order valence-electron chi connectivity index (χ3n) is 2.56. The molecule has 19 heavy (non-hydrogen) atoms. The van der Waals surface area contributed by atoms with Gasteiger partial charge < -0.3 is 10.4 Å². The largest absolute Gasteiger partial charge is 0.507 e. The number of alkyl halides is 3. The molecule has 0 saturated heterocycles. The van der Waals surface area contributed by atoms with Gasteiger partial charge in [0.1, 0.15) is 12.3 Å². The van der Waals surface area contributed by atoms with Crippen molar-refractivity contribution in [2.45, 2.75) is 6.18 Å². The molecule has 2 N–H and O–H groups in total. The molecule has 2 aromatic carbocycles. The van der Waals surface area contributed by atoms with Crippen molar-refractivity contribution < 1.29 is 23.1 Å². The summed E-state index contributed by atoms with van der Waals surface area (Å²) in [6.45, 7) is -1.43. The Morgan fingerprint density at radius 1 is 1.16 bits per heavy atom. The SMILES string of the molecule is O=C(NCC(F)(F)F)c1cc2ccccc2cc1O. The van der Waals surface area contributed by atoms with Gasteiger partial charge in [-0.05, 0) is 22.9 Å². The third kappa shape index (κ3) is 3.15. The second kappa shape index (κ2) is 4.79. The van der Waals surface area contributed by atoms with Gasteiger partial charge in [-0.25, -0.2) is 0 Å². The lowest BCUT2D eigenvalue weighted by Gasteiger charge is -2.10. The Bertz CT molecular complexity index is 623. The molecular formula is C13H10F3NO2. The smallest absolute Gasteiger partial charge is 0.405 e. The molecule has 6 heteroatoms. The van der Waals surface area contributed by atoms with Gasteiger partial charge in [-0.3, -0.25) is 4.79 Å². The topological polar surface area (TPSA) is 49.3 Å². The Hall–Kier alpha value is -2.24. The van der Waals surface area contributed by atoms with Gasteiger partial charge in [0.25, 0.3) is 5.91 Å². The van der Waals surface area contributed by atoms with Gasteiger partial charge in [-0.15, -0.1) is 0 Å². The van der Waals surface area contributed by atoms with Gasteiger partial charge in [-0.1, -0.05) is 24.3 Å². The number of rotatable bonds is 2. The number of phenols is 1. The quantitative estimate of drug-likeness (QED) is 0.880. The van der Waals surface area contributed by atoms with Gasteiger partial charge in [-0.2, -0.15) is 13.2 Å². The molecule has 0 spiro atoms. The molecular weight excluding hydrogens is 259 g/mol. The number of fused-ring (bicyclic) bond motifs is 1.